The van der Waals surface area contributed by atoms with Crippen LogP contribution in [0.1, 0.15) is 85.0 Å². The Kier molecular flexibility index (Phi) is 11.1. The van der Waals surface area contributed by atoms with Gasteiger partial charge in [0.05, 0.1) is 0 Å². The average Bonchev–Trinajstić information content (AvgIpc) is 2.57. The maximum absolute atomic E-state index is 12.3. The summed E-state index contributed by atoms with van der Waals surface area (Å²) < 4.78 is 39.3. The molecule has 0 aliphatic carbocycles. The van der Waals surface area contributed by atoms with Gasteiger partial charge in [0.2, 0.25) is 0 Å². The van der Waals surface area contributed by atoms with Crippen LogP contribution in [-0.2, 0) is 24.4 Å². The summed E-state index contributed by atoms with van der Waals surface area (Å²) in [5, 5.41) is 19.7. The lowest BCUT2D eigenvalue weighted by atomic mass is 9.72. The summed E-state index contributed by atoms with van der Waals surface area (Å²) in [4.78, 5) is 21.1. The largest absolute Gasteiger partial charge is 0.481 e. The lowest BCUT2D eigenvalue weighted by molar-refractivity contribution is -0.186. The van der Waals surface area contributed by atoms with Crippen LogP contribution in [-0.4, -0.2) is 46.7 Å². The molecule has 0 aromatic carbocycles. The molecule has 0 rings (SSSR count). The Balaban J connectivity index is 6.30. The minimum absolute atomic E-state index is 0.208. The van der Waals surface area contributed by atoms with E-state index in [2.05, 4.69) is 0 Å². The van der Waals surface area contributed by atoms with E-state index in [9.17, 15) is 32.8 Å². The first-order valence-corrected chi connectivity index (χ1v) is 11.1. The van der Waals surface area contributed by atoms with Gasteiger partial charge in [-0.25, -0.2) is 4.79 Å². The molecular weight excluding hydrogens is 376 g/mol. The Morgan fingerprint density at radius 1 is 0.815 bits per heavy atom. The third kappa shape index (κ3) is 5.89. The number of hydrogen-bond donors (Lipinski definition) is 3. The van der Waals surface area contributed by atoms with E-state index < -0.39 is 32.4 Å². The first kappa shape index (κ1) is 25.8. The average molecular weight is 411 g/mol. The van der Waals surface area contributed by atoms with Gasteiger partial charge in [-0.1, -0.05) is 65.2 Å². The van der Waals surface area contributed by atoms with Gasteiger partial charge in [-0.2, -0.15) is 8.42 Å². The highest BCUT2D eigenvalue weighted by molar-refractivity contribution is 7.88. The number of carbonyl (C=O) groups is 2. The van der Waals surface area contributed by atoms with Crippen molar-refractivity contribution in [2.45, 2.75) is 89.9 Å². The summed E-state index contributed by atoms with van der Waals surface area (Å²) in [6, 6.07) is 0. The third-order valence-electron chi connectivity index (χ3n) is 4.95. The normalized spacial score (nSPS) is 14.7. The zero-order valence-corrected chi connectivity index (χ0v) is 17.4. The highest BCUT2D eigenvalue weighted by Gasteiger charge is 2.70. The van der Waals surface area contributed by atoms with Crippen LogP contribution in [0.4, 0.5) is 0 Å². The minimum atomic E-state index is -5.38. The van der Waals surface area contributed by atoms with Crippen LogP contribution >= 0.6 is 0 Å². The lowest BCUT2D eigenvalue weighted by Gasteiger charge is -2.42. The van der Waals surface area contributed by atoms with Crippen LogP contribution in [0.2, 0.25) is 0 Å². The third-order valence-corrected chi connectivity index (χ3v) is 6.36. The smallest absolute Gasteiger partial charge is 0.355 e. The zero-order chi connectivity index (χ0) is 21.1. The molecule has 9 heteroatoms. The molecule has 0 aliphatic rings. The number of hydrogen-bond acceptors (Lipinski definition) is 5. The van der Waals surface area contributed by atoms with E-state index in [0.29, 0.717) is 25.7 Å². The monoisotopic (exact) mass is 410 g/mol. The molecule has 0 radical (unpaired) electrons. The van der Waals surface area contributed by atoms with Gasteiger partial charge in [0.15, 0.2) is 0 Å². The molecule has 0 heterocycles. The molecule has 0 aromatic heterocycles. The quantitative estimate of drug-likeness (QED) is 0.258. The second kappa shape index (κ2) is 11.6. The minimum Gasteiger partial charge on any atom is -0.481 e. The lowest BCUT2D eigenvalue weighted by Crippen LogP contribution is -2.64. The molecule has 0 fully saturated rings. The van der Waals surface area contributed by atoms with E-state index in [-0.39, 0.29) is 19.4 Å². The SMILES string of the molecule is CCCCCCC(CCCCCC)(C(=O)O)C(OCC)(C(=O)O)S(=O)(=O)O. The number of unbranched alkanes of at least 4 members (excludes halogenated alkanes) is 6. The molecule has 0 aliphatic heterocycles. The van der Waals surface area contributed by atoms with Crippen molar-refractivity contribution in [2.24, 2.45) is 5.41 Å². The molecule has 0 aromatic rings. The number of aliphatic carboxylic acids is 2. The highest BCUT2D eigenvalue weighted by Crippen LogP contribution is 2.48. The van der Waals surface area contributed by atoms with E-state index in [0.717, 1.165) is 25.7 Å². The highest BCUT2D eigenvalue weighted by atomic mass is 32.2. The Labute approximate surface area is 162 Å². The Bertz CT molecular complexity index is 560. The van der Waals surface area contributed by atoms with Crippen molar-refractivity contribution in [1.82, 2.24) is 0 Å². The first-order chi connectivity index (χ1) is 12.6. The molecule has 0 bridgehead atoms. The van der Waals surface area contributed by atoms with Gasteiger partial charge in [-0.15, -0.1) is 0 Å². The Morgan fingerprint density at radius 2 is 1.26 bits per heavy atom. The topological polar surface area (TPSA) is 138 Å². The second-order valence-electron chi connectivity index (χ2n) is 6.84. The van der Waals surface area contributed by atoms with Crippen LogP contribution in [0.3, 0.4) is 0 Å². The van der Waals surface area contributed by atoms with E-state index in [1.807, 2.05) is 13.8 Å². The summed E-state index contributed by atoms with van der Waals surface area (Å²) in [6.07, 6.45) is 4.88. The van der Waals surface area contributed by atoms with Crippen molar-refractivity contribution >= 4 is 22.1 Å². The second-order valence-corrected chi connectivity index (χ2v) is 8.36. The van der Waals surface area contributed by atoms with Crippen molar-refractivity contribution in [3.05, 3.63) is 0 Å². The number of carboxylic acids is 2. The maximum atomic E-state index is 12.3. The summed E-state index contributed by atoms with van der Waals surface area (Å²) in [7, 11) is -5.38. The zero-order valence-electron chi connectivity index (χ0n) is 16.6. The molecule has 0 amide bonds. The fraction of sp³-hybridized carbons (Fsp3) is 0.889. The molecule has 1 atom stereocenters. The Morgan fingerprint density at radius 3 is 1.52 bits per heavy atom. The van der Waals surface area contributed by atoms with Crippen LogP contribution in [0.15, 0.2) is 0 Å². The van der Waals surface area contributed by atoms with E-state index in [4.69, 9.17) is 4.74 Å². The summed E-state index contributed by atoms with van der Waals surface area (Å²) >= 11 is 0. The van der Waals surface area contributed by atoms with Crippen LogP contribution in [0.5, 0.6) is 0 Å². The van der Waals surface area contributed by atoms with E-state index >= 15 is 0 Å². The van der Waals surface area contributed by atoms with Crippen molar-refractivity contribution in [3.8, 4) is 0 Å². The van der Waals surface area contributed by atoms with Gasteiger partial charge < -0.3 is 14.9 Å². The van der Waals surface area contributed by atoms with Crippen LogP contribution in [0.25, 0.3) is 0 Å². The molecule has 1 unspecified atom stereocenters. The van der Waals surface area contributed by atoms with Crippen molar-refractivity contribution in [1.29, 1.82) is 0 Å². The van der Waals surface area contributed by atoms with Crippen molar-refractivity contribution in [3.63, 3.8) is 0 Å². The molecule has 27 heavy (non-hydrogen) atoms. The van der Waals surface area contributed by atoms with Gasteiger partial charge >= 0.3 is 27.0 Å². The van der Waals surface area contributed by atoms with Crippen LogP contribution in [0, 0.1) is 5.41 Å². The van der Waals surface area contributed by atoms with E-state index in [1.165, 1.54) is 6.92 Å². The Hall–Kier alpha value is -1.19. The summed E-state index contributed by atoms with van der Waals surface area (Å²) in [5.74, 6) is -3.58. The molecule has 0 spiro atoms. The number of rotatable bonds is 16. The molecule has 160 valence electrons. The van der Waals surface area contributed by atoms with Gasteiger partial charge in [0.25, 0.3) is 0 Å². The van der Waals surface area contributed by atoms with Crippen LogP contribution < -0.4 is 0 Å². The molecule has 0 saturated heterocycles. The van der Waals surface area contributed by atoms with Gasteiger partial charge in [-0.3, -0.25) is 9.35 Å². The predicted molar refractivity (Wildman–Crippen MR) is 101 cm³/mol. The number of ether oxygens (including phenoxy) is 1. The summed E-state index contributed by atoms with van der Waals surface area (Å²) in [6.45, 7) is 4.93. The molecule has 3 N–H and O–H groups in total. The van der Waals surface area contributed by atoms with Gasteiger partial charge in [-0.05, 0) is 19.8 Å². The fourth-order valence-electron chi connectivity index (χ4n) is 3.56. The fourth-order valence-corrected chi connectivity index (χ4v) is 4.83. The molecular formula is C18H34O8S. The summed E-state index contributed by atoms with van der Waals surface area (Å²) in [5.41, 5.74) is -2.27. The standard InChI is InChI=1S/C18H34O8S/c1-4-7-9-11-13-17(15(19)20,14-12-10-8-5-2)18(16(21)22,26-6-3)27(23,24)25/h4-14H2,1-3H3,(H,19,20)(H,21,22)(H,23,24,25). The molecule has 0 saturated carbocycles. The number of carboxylic acid groups (broad SMARTS) is 2. The van der Waals surface area contributed by atoms with Gasteiger partial charge in [0, 0.05) is 6.61 Å². The van der Waals surface area contributed by atoms with Crippen molar-refractivity contribution < 1.29 is 37.5 Å². The maximum Gasteiger partial charge on any atom is 0.355 e. The predicted octanol–water partition coefficient (Wildman–Crippen LogP) is 3.70. The first-order valence-electron chi connectivity index (χ1n) is 9.65. The van der Waals surface area contributed by atoms with E-state index in [1.54, 1.807) is 0 Å². The van der Waals surface area contributed by atoms with Crippen molar-refractivity contribution in [2.75, 3.05) is 6.61 Å². The molecule has 8 nitrogen and oxygen atoms in total. The van der Waals surface area contributed by atoms with Gasteiger partial charge in [0.1, 0.15) is 5.41 Å².